The monoisotopic (exact) mass is 252 g/mol. The highest BCUT2D eigenvalue weighted by Gasteiger charge is 2.12. The van der Waals surface area contributed by atoms with E-state index in [0.29, 0.717) is 12.1 Å². The average Bonchev–Trinajstić information content (AvgIpc) is 2.18. The first-order chi connectivity index (χ1) is 6.66. The van der Waals surface area contributed by atoms with Gasteiger partial charge in [0.1, 0.15) is 5.82 Å². The van der Waals surface area contributed by atoms with Crippen molar-refractivity contribution in [3.8, 4) is 0 Å². The van der Waals surface area contributed by atoms with Gasteiger partial charge >= 0.3 is 0 Å². The van der Waals surface area contributed by atoms with E-state index in [-0.39, 0.29) is 23.5 Å². The van der Waals surface area contributed by atoms with Crippen LogP contribution in [-0.4, -0.2) is 6.54 Å². The molecule has 1 aromatic carbocycles. The summed E-state index contributed by atoms with van der Waals surface area (Å²) >= 11 is 5.78. The van der Waals surface area contributed by atoms with Gasteiger partial charge in [0.15, 0.2) is 0 Å². The van der Waals surface area contributed by atoms with E-state index in [4.69, 9.17) is 23.1 Å². The normalized spacial score (nSPS) is 12.0. The molecule has 0 bridgehead atoms. The Balaban J connectivity index is 0.00000196. The summed E-state index contributed by atoms with van der Waals surface area (Å²) in [5.74, 6) is -0.424. The molecule has 1 aromatic rings. The fourth-order valence-corrected chi connectivity index (χ4v) is 1.57. The Hall–Kier alpha value is -0.350. The van der Waals surface area contributed by atoms with Crippen molar-refractivity contribution in [3.63, 3.8) is 0 Å². The number of halogens is 3. The molecule has 15 heavy (non-hydrogen) atoms. The Morgan fingerprint density at radius 3 is 2.67 bits per heavy atom. The lowest BCUT2D eigenvalue weighted by atomic mass is 10.0. The van der Waals surface area contributed by atoms with Gasteiger partial charge in [0.2, 0.25) is 0 Å². The lowest BCUT2D eigenvalue weighted by molar-refractivity contribution is 0.597. The Kier molecular flexibility index (Phi) is 6.85. The van der Waals surface area contributed by atoms with Gasteiger partial charge in [0.25, 0.3) is 0 Å². The third-order valence-electron chi connectivity index (χ3n) is 2.10. The number of hydrogen-bond donors (Lipinski definition) is 2. The fourth-order valence-electron chi connectivity index (χ4n) is 1.30. The quantitative estimate of drug-likeness (QED) is 0.866. The number of rotatable bonds is 4. The molecule has 0 unspecified atom stereocenters. The summed E-state index contributed by atoms with van der Waals surface area (Å²) in [4.78, 5) is 0. The van der Waals surface area contributed by atoms with Crippen LogP contribution in [0.4, 0.5) is 4.39 Å². The molecule has 0 heterocycles. The topological polar surface area (TPSA) is 52.0 Å². The van der Waals surface area contributed by atoms with Crippen LogP contribution in [-0.2, 0) is 0 Å². The Bertz CT molecular complexity index is 307. The second-order valence-corrected chi connectivity index (χ2v) is 3.56. The molecule has 5 heteroatoms. The van der Waals surface area contributed by atoms with E-state index in [1.54, 1.807) is 12.1 Å². The van der Waals surface area contributed by atoms with Crippen molar-refractivity contribution >= 4 is 24.0 Å². The first kappa shape index (κ1) is 14.6. The molecule has 0 aliphatic rings. The zero-order valence-electron chi connectivity index (χ0n) is 8.25. The summed E-state index contributed by atoms with van der Waals surface area (Å²) in [5, 5.41) is 0.122. The van der Waals surface area contributed by atoms with Crippen LogP contribution in [0.2, 0.25) is 5.02 Å². The van der Waals surface area contributed by atoms with E-state index >= 15 is 0 Å². The largest absolute Gasteiger partial charge is 0.330 e. The van der Waals surface area contributed by atoms with Gasteiger partial charge in [-0.25, -0.2) is 4.39 Å². The van der Waals surface area contributed by atoms with E-state index in [0.717, 1.165) is 12.8 Å². The molecule has 2 nitrogen and oxygen atoms in total. The SMILES string of the molecule is Cl.NCCC[C@@H](N)c1cccc(F)c1Cl. The molecule has 0 aliphatic heterocycles. The van der Waals surface area contributed by atoms with Gasteiger partial charge < -0.3 is 11.5 Å². The van der Waals surface area contributed by atoms with Gasteiger partial charge in [-0.3, -0.25) is 0 Å². The average molecular weight is 253 g/mol. The zero-order valence-corrected chi connectivity index (χ0v) is 9.82. The molecular weight excluding hydrogens is 238 g/mol. The van der Waals surface area contributed by atoms with Crippen molar-refractivity contribution < 1.29 is 4.39 Å². The molecule has 0 saturated heterocycles. The maximum absolute atomic E-state index is 13.0. The third kappa shape index (κ3) is 3.95. The van der Waals surface area contributed by atoms with Crippen LogP contribution >= 0.6 is 24.0 Å². The molecule has 86 valence electrons. The Labute approximate surface area is 100 Å². The predicted molar refractivity (Wildman–Crippen MR) is 63.9 cm³/mol. The summed E-state index contributed by atoms with van der Waals surface area (Å²) in [7, 11) is 0. The van der Waals surface area contributed by atoms with Gasteiger partial charge in [-0.2, -0.15) is 0 Å². The summed E-state index contributed by atoms with van der Waals surface area (Å²) < 4.78 is 13.0. The van der Waals surface area contributed by atoms with Crippen molar-refractivity contribution in [1.29, 1.82) is 0 Å². The number of benzene rings is 1. The standard InChI is InChI=1S/C10H14ClFN2.ClH/c11-10-7(3-1-4-8(10)12)9(14)5-2-6-13;/h1,3-4,9H,2,5-6,13-14H2;1H/t9-;/m1./s1. The van der Waals surface area contributed by atoms with E-state index in [9.17, 15) is 4.39 Å². The van der Waals surface area contributed by atoms with Crippen LogP contribution in [0.5, 0.6) is 0 Å². The Morgan fingerprint density at radius 2 is 2.07 bits per heavy atom. The minimum Gasteiger partial charge on any atom is -0.330 e. The second kappa shape index (κ2) is 7.01. The number of hydrogen-bond acceptors (Lipinski definition) is 2. The molecular formula is C10H15Cl2FN2. The van der Waals surface area contributed by atoms with E-state index in [1.165, 1.54) is 6.07 Å². The van der Waals surface area contributed by atoms with Crippen molar-refractivity contribution in [1.82, 2.24) is 0 Å². The summed E-state index contributed by atoms with van der Waals surface area (Å²) in [5.41, 5.74) is 11.9. The molecule has 1 rings (SSSR count). The predicted octanol–water partition coefficient (Wildman–Crippen LogP) is 2.64. The van der Waals surface area contributed by atoms with Gasteiger partial charge in [-0.05, 0) is 31.0 Å². The molecule has 0 amide bonds. The van der Waals surface area contributed by atoms with Crippen LogP contribution in [0, 0.1) is 5.82 Å². The lowest BCUT2D eigenvalue weighted by Gasteiger charge is -2.13. The third-order valence-corrected chi connectivity index (χ3v) is 2.50. The van der Waals surface area contributed by atoms with Crippen molar-refractivity contribution in [2.45, 2.75) is 18.9 Å². The van der Waals surface area contributed by atoms with Crippen LogP contribution in [0.3, 0.4) is 0 Å². The molecule has 0 aliphatic carbocycles. The minimum absolute atomic E-state index is 0. The van der Waals surface area contributed by atoms with Gasteiger partial charge in [0.05, 0.1) is 5.02 Å². The summed E-state index contributed by atoms with van der Waals surface area (Å²) in [6, 6.07) is 4.44. The van der Waals surface area contributed by atoms with Crippen LogP contribution in [0.25, 0.3) is 0 Å². The zero-order chi connectivity index (χ0) is 10.6. The van der Waals surface area contributed by atoms with Gasteiger partial charge in [0, 0.05) is 6.04 Å². The van der Waals surface area contributed by atoms with Gasteiger partial charge in [-0.15, -0.1) is 12.4 Å². The van der Waals surface area contributed by atoms with Crippen molar-refractivity contribution in [3.05, 3.63) is 34.6 Å². The van der Waals surface area contributed by atoms with E-state index < -0.39 is 5.82 Å². The molecule has 0 aromatic heterocycles. The maximum atomic E-state index is 13.0. The lowest BCUT2D eigenvalue weighted by Crippen LogP contribution is -2.13. The highest BCUT2D eigenvalue weighted by Crippen LogP contribution is 2.26. The van der Waals surface area contributed by atoms with E-state index in [2.05, 4.69) is 0 Å². The molecule has 0 spiro atoms. The minimum atomic E-state index is -0.424. The van der Waals surface area contributed by atoms with E-state index in [1.807, 2.05) is 0 Å². The van der Waals surface area contributed by atoms with Crippen molar-refractivity contribution in [2.75, 3.05) is 6.54 Å². The highest BCUT2D eigenvalue weighted by molar-refractivity contribution is 6.31. The van der Waals surface area contributed by atoms with Crippen LogP contribution in [0.15, 0.2) is 18.2 Å². The summed E-state index contributed by atoms with van der Waals surface area (Å²) in [6.07, 6.45) is 1.54. The number of nitrogens with two attached hydrogens (primary N) is 2. The second-order valence-electron chi connectivity index (χ2n) is 3.18. The summed E-state index contributed by atoms with van der Waals surface area (Å²) in [6.45, 7) is 0.584. The molecule has 1 atom stereocenters. The Morgan fingerprint density at radius 1 is 1.40 bits per heavy atom. The molecule has 0 radical (unpaired) electrons. The smallest absolute Gasteiger partial charge is 0.142 e. The van der Waals surface area contributed by atoms with Crippen LogP contribution < -0.4 is 11.5 Å². The molecule has 0 saturated carbocycles. The molecule has 0 fully saturated rings. The highest BCUT2D eigenvalue weighted by atomic mass is 35.5. The maximum Gasteiger partial charge on any atom is 0.142 e. The fraction of sp³-hybridized carbons (Fsp3) is 0.400. The van der Waals surface area contributed by atoms with Gasteiger partial charge in [-0.1, -0.05) is 23.7 Å². The first-order valence-electron chi connectivity index (χ1n) is 4.56. The van der Waals surface area contributed by atoms with Crippen LogP contribution in [0.1, 0.15) is 24.4 Å². The first-order valence-corrected chi connectivity index (χ1v) is 4.94. The van der Waals surface area contributed by atoms with Crippen molar-refractivity contribution in [2.24, 2.45) is 11.5 Å². The molecule has 4 N–H and O–H groups in total.